The number of ether oxygens (including phenoxy) is 2. The van der Waals surface area contributed by atoms with Crippen molar-refractivity contribution >= 4 is 24.1 Å². The first-order chi connectivity index (χ1) is 16.2. The highest BCUT2D eigenvalue weighted by molar-refractivity contribution is 7.80. The highest BCUT2D eigenvalue weighted by Gasteiger charge is 2.21. The van der Waals surface area contributed by atoms with Crippen LogP contribution in [0.25, 0.3) is 11.5 Å². The van der Waals surface area contributed by atoms with Crippen molar-refractivity contribution in [1.82, 2.24) is 0 Å². The number of nitrogens with two attached hydrogens (primary N) is 1. The van der Waals surface area contributed by atoms with Gasteiger partial charge in [0.25, 0.3) is 0 Å². The van der Waals surface area contributed by atoms with E-state index in [0.29, 0.717) is 0 Å². The van der Waals surface area contributed by atoms with Crippen LogP contribution in [0.4, 0.5) is 0 Å². The molecule has 0 unspecified atom stereocenters. The maximum absolute atomic E-state index is 6.26. The maximum Gasteiger partial charge on any atom is 0.133 e. The molecule has 3 rings (SSSR count). The molecule has 1 saturated carbocycles. The summed E-state index contributed by atoms with van der Waals surface area (Å²) >= 11 is 4.27. The van der Waals surface area contributed by atoms with Crippen LogP contribution in [0.1, 0.15) is 77.3 Å². The zero-order chi connectivity index (χ0) is 24.3. The lowest BCUT2D eigenvalue weighted by Gasteiger charge is -2.13. The van der Waals surface area contributed by atoms with Gasteiger partial charge in [0.2, 0.25) is 0 Å². The number of unbranched alkanes of at least 4 members (excludes halogenated alkanes) is 2. The zero-order valence-electron chi connectivity index (χ0n) is 21.0. The average Bonchev–Trinajstić information content (AvgIpc) is 3.70. The quantitative estimate of drug-likeness (QED) is 0.198. The molecular weight excluding hydrogens is 426 g/mol. The lowest BCUT2D eigenvalue weighted by atomic mass is 10.1. The highest BCUT2D eigenvalue weighted by Crippen LogP contribution is 2.37. The Morgan fingerprint density at radius 2 is 1.58 bits per heavy atom. The minimum Gasteiger partial charge on any atom is -0.493 e. The largest absolute Gasteiger partial charge is 0.493 e. The van der Waals surface area contributed by atoms with Crippen LogP contribution in [0.2, 0.25) is 0 Å². The summed E-state index contributed by atoms with van der Waals surface area (Å²) in [6.45, 7) is 9.57. The van der Waals surface area contributed by atoms with E-state index in [2.05, 4.69) is 62.0 Å². The Balaban J connectivity index is 0.00000101. The molecule has 0 saturated heterocycles. The van der Waals surface area contributed by atoms with Crippen molar-refractivity contribution in [2.24, 2.45) is 5.73 Å². The minimum atomic E-state index is 0.735. The van der Waals surface area contributed by atoms with Gasteiger partial charge >= 0.3 is 0 Å². The van der Waals surface area contributed by atoms with Crippen LogP contribution >= 0.6 is 12.6 Å². The summed E-state index contributed by atoms with van der Waals surface area (Å²) < 4.78 is 12.3. The van der Waals surface area contributed by atoms with Gasteiger partial charge in [-0.2, -0.15) is 12.6 Å². The minimum absolute atomic E-state index is 0.735. The lowest BCUT2D eigenvalue weighted by molar-refractivity contribution is 0.269. The summed E-state index contributed by atoms with van der Waals surface area (Å²) in [4.78, 5) is 0. The topological polar surface area (TPSA) is 44.5 Å². The first-order valence-corrected chi connectivity index (χ1v) is 13.1. The van der Waals surface area contributed by atoms with Gasteiger partial charge in [-0.05, 0) is 80.3 Å². The van der Waals surface area contributed by atoms with E-state index in [1.165, 1.54) is 5.57 Å². The predicted octanol–water partition coefficient (Wildman–Crippen LogP) is 8.13. The molecule has 0 bridgehead atoms. The molecule has 4 heteroatoms. The molecule has 3 nitrogen and oxygen atoms in total. The second-order valence-corrected chi connectivity index (χ2v) is 7.92. The van der Waals surface area contributed by atoms with Crippen molar-refractivity contribution in [3.05, 3.63) is 77.4 Å². The van der Waals surface area contributed by atoms with Crippen LogP contribution in [-0.4, -0.2) is 18.9 Å². The van der Waals surface area contributed by atoms with Gasteiger partial charge in [0, 0.05) is 11.1 Å². The highest BCUT2D eigenvalue weighted by atomic mass is 32.1. The number of benzene rings is 2. The second-order valence-electron chi connectivity index (χ2n) is 7.47. The van der Waals surface area contributed by atoms with Crippen LogP contribution < -0.4 is 10.5 Å². The van der Waals surface area contributed by atoms with Gasteiger partial charge in [-0.25, -0.2) is 0 Å². The van der Waals surface area contributed by atoms with Gasteiger partial charge in [0.15, 0.2) is 0 Å². The van der Waals surface area contributed by atoms with Crippen molar-refractivity contribution in [3.8, 4) is 5.75 Å². The summed E-state index contributed by atoms with van der Waals surface area (Å²) in [5.41, 5.74) is 8.49. The van der Waals surface area contributed by atoms with Crippen LogP contribution in [0.15, 0.2) is 66.2 Å². The van der Waals surface area contributed by atoms with Gasteiger partial charge in [0.1, 0.15) is 17.3 Å². The third-order valence-corrected chi connectivity index (χ3v) is 4.96. The summed E-state index contributed by atoms with van der Waals surface area (Å²) in [6, 6.07) is 18.6. The molecular formula is C29H43NO2S. The van der Waals surface area contributed by atoms with Crippen LogP contribution in [0, 0.1) is 0 Å². The van der Waals surface area contributed by atoms with Crippen molar-refractivity contribution in [2.45, 2.75) is 66.2 Å². The Bertz CT molecular complexity index is 807. The third-order valence-electron chi connectivity index (χ3n) is 4.64. The number of allylic oxidation sites excluding steroid dienone is 2. The van der Waals surface area contributed by atoms with Crippen LogP contribution in [-0.2, 0) is 4.74 Å². The lowest BCUT2D eigenvalue weighted by Crippen LogP contribution is -1.98. The standard InChI is InChI=1S/C25H30O2S.C2H7N.C2H6/c1-2-3-11-24(26-18-7-8-19-28)20-14-16-23(17-15-20)27-25(22-12-13-22)21-9-5-4-6-10-21;1-2-3;1-2/h4-6,9-11,14-17,28H,2-3,7-8,12-13,18-19H2,1H3;2-3H2,1H3;1-2H3/b24-11-;;. The smallest absolute Gasteiger partial charge is 0.133 e. The molecule has 0 heterocycles. The molecule has 0 aliphatic heterocycles. The van der Waals surface area contributed by atoms with Gasteiger partial charge in [0.05, 0.1) is 6.61 Å². The monoisotopic (exact) mass is 469 g/mol. The van der Waals surface area contributed by atoms with E-state index < -0.39 is 0 Å². The van der Waals surface area contributed by atoms with Crippen molar-refractivity contribution < 1.29 is 9.47 Å². The van der Waals surface area contributed by atoms with E-state index in [-0.39, 0.29) is 0 Å². The van der Waals surface area contributed by atoms with Gasteiger partial charge in [-0.15, -0.1) is 0 Å². The first-order valence-electron chi connectivity index (χ1n) is 12.4. The van der Waals surface area contributed by atoms with Crippen molar-refractivity contribution in [2.75, 3.05) is 18.9 Å². The maximum atomic E-state index is 6.26. The summed E-state index contributed by atoms with van der Waals surface area (Å²) in [5, 5.41) is 0. The number of hydrogen-bond donors (Lipinski definition) is 2. The number of rotatable bonds is 11. The molecule has 0 amide bonds. The summed E-state index contributed by atoms with van der Waals surface area (Å²) in [5.74, 6) is 3.75. The Morgan fingerprint density at radius 3 is 2.12 bits per heavy atom. The third kappa shape index (κ3) is 11.5. The average molecular weight is 470 g/mol. The molecule has 2 aromatic carbocycles. The fourth-order valence-electron chi connectivity index (χ4n) is 2.95. The van der Waals surface area contributed by atoms with E-state index in [1.807, 2.05) is 39.0 Å². The molecule has 1 aliphatic carbocycles. The predicted molar refractivity (Wildman–Crippen MR) is 148 cm³/mol. The van der Waals surface area contributed by atoms with Crippen molar-refractivity contribution in [1.29, 1.82) is 0 Å². The van der Waals surface area contributed by atoms with Crippen molar-refractivity contribution in [3.63, 3.8) is 0 Å². The fourth-order valence-corrected chi connectivity index (χ4v) is 3.17. The Kier molecular flexibility index (Phi) is 16.0. The Labute approximate surface area is 207 Å². The Hall–Kier alpha value is -2.17. The molecule has 182 valence electrons. The molecule has 2 N–H and O–H groups in total. The van der Waals surface area contributed by atoms with Gasteiger partial charge in [-0.3, -0.25) is 0 Å². The molecule has 0 atom stereocenters. The van der Waals surface area contributed by atoms with Gasteiger partial charge < -0.3 is 15.2 Å². The summed E-state index contributed by atoms with van der Waals surface area (Å²) in [7, 11) is 0. The number of hydrogen-bond acceptors (Lipinski definition) is 4. The molecule has 0 aromatic heterocycles. The molecule has 1 fully saturated rings. The van der Waals surface area contributed by atoms with Crippen LogP contribution in [0.5, 0.6) is 5.75 Å². The molecule has 33 heavy (non-hydrogen) atoms. The molecule has 1 aliphatic rings. The van der Waals surface area contributed by atoms with Gasteiger partial charge in [-0.1, -0.05) is 64.4 Å². The van der Waals surface area contributed by atoms with E-state index in [0.717, 1.165) is 85.8 Å². The molecule has 0 spiro atoms. The Morgan fingerprint density at radius 1 is 0.939 bits per heavy atom. The second kappa shape index (κ2) is 18.3. The SMILES string of the molecule is CC.CCC/C=C(\OCCCCS)c1ccc(OC(=C2CC2)c2ccccc2)cc1.CCN. The summed E-state index contributed by atoms with van der Waals surface area (Å²) in [6.07, 6.45) is 8.69. The molecule has 0 radical (unpaired) electrons. The molecule has 2 aromatic rings. The van der Waals surface area contributed by atoms with E-state index in [1.54, 1.807) is 0 Å². The zero-order valence-corrected chi connectivity index (χ0v) is 21.9. The van der Waals surface area contributed by atoms with E-state index in [9.17, 15) is 0 Å². The van der Waals surface area contributed by atoms with E-state index >= 15 is 0 Å². The van der Waals surface area contributed by atoms with Crippen LogP contribution in [0.3, 0.4) is 0 Å². The fraction of sp³-hybridized carbons (Fsp3) is 0.448. The normalized spacial score (nSPS) is 12.1. The first kappa shape index (κ1) is 28.9. The number of thiol groups is 1. The van der Waals surface area contributed by atoms with E-state index in [4.69, 9.17) is 15.2 Å².